The van der Waals surface area contributed by atoms with Crippen LogP contribution in [-0.4, -0.2) is 26.0 Å². The summed E-state index contributed by atoms with van der Waals surface area (Å²) in [6, 6.07) is 0. The molecule has 0 spiro atoms. The van der Waals surface area contributed by atoms with E-state index in [2.05, 4.69) is 18.6 Å². The van der Waals surface area contributed by atoms with Crippen molar-refractivity contribution in [1.82, 2.24) is 4.72 Å². The Morgan fingerprint density at radius 2 is 1.81 bits per heavy atom. The molecule has 122 valence electrons. The van der Waals surface area contributed by atoms with Crippen molar-refractivity contribution in [2.75, 3.05) is 12.8 Å². The van der Waals surface area contributed by atoms with Crippen LogP contribution >= 0.6 is 11.8 Å². The summed E-state index contributed by atoms with van der Waals surface area (Å²) < 4.78 is 33.3. The van der Waals surface area contributed by atoms with Gasteiger partial charge in [0.15, 0.2) is 0 Å². The number of hydrogen-bond acceptors (Lipinski definition) is 5. The maximum absolute atomic E-state index is 12.6. The van der Waals surface area contributed by atoms with Crippen LogP contribution in [0.1, 0.15) is 43.8 Å². The average Bonchev–Trinajstić information content (AvgIpc) is 2.75. The molecule has 0 aliphatic rings. The fourth-order valence-corrected chi connectivity index (χ4v) is 4.92. The monoisotopic (exact) mass is 334 g/mol. The van der Waals surface area contributed by atoms with Gasteiger partial charge in [0.05, 0.1) is 0 Å². The minimum Gasteiger partial charge on any atom is -0.465 e. The van der Waals surface area contributed by atoms with Crippen molar-refractivity contribution in [3.05, 3.63) is 17.1 Å². The first-order valence-corrected chi connectivity index (χ1v) is 9.81. The van der Waals surface area contributed by atoms with Crippen LogP contribution in [0.25, 0.3) is 0 Å². The maximum Gasteiger partial charge on any atom is 0.244 e. The second kappa shape index (κ2) is 7.17. The Morgan fingerprint density at radius 1 is 1.24 bits per heavy atom. The van der Waals surface area contributed by atoms with Gasteiger partial charge < -0.3 is 10.2 Å². The molecule has 0 saturated carbocycles. The highest BCUT2D eigenvalue weighted by molar-refractivity contribution is 8.00. The Hall–Kier alpha value is -0.500. The van der Waals surface area contributed by atoms with E-state index in [4.69, 9.17) is 10.2 Å². The lowest BCUT2D eigenvalue weighted by Crippen LogP contribution is -2.39. The van der Waals surface area contributed by atoms with Gasteiger partial charge in [-0.1, -0.05) is 13.8 Å². The molecule has 0 amide bonds. The van der Waals surface area contributed by atoms with Gasteiger partial charge in [-0.25, -0.2) is 13.1 Å². The highest BCUT2D eigenvalue weighted by Crippen LogP contribution is 2.31. The number of rotatable bonds is 8. The standard InChI is InChI=1S/C14H26N2O3S2/c1-6-14(7-2,20-5)9-16-21(17,18)13-11(4)19-10(3)12(13)8-15/h16H,6-9,15H2,1-5H3. The first-order chi connectivity index (χ1) is 9.76. The van der Waals surface area contributed by atoms with Crippen molar-refractivity contribution >= 4 is 21.8 Å². The molecule has 0 radical (unpaired) electrons. The van der Waals surface area contributed by atoms with Gasteiger partial charge in [-0.05, 0) is 32.9 Å². The molecule has 0 aromatic carbocycles. The van der Waals surface area contributed by atoms with Crippen LogP contribution in [0, 0.1) is 13.8 Å². The summed E-state index contributed by atoms with van der Waals surface area (Å²) in [4.78, 5) is 0.199. The summed E-state index contributed by atoms with van der Waals surface area (Å²) in [5.41, 5.74) is 6.22. The molecular formula is C14H26N2O3S2. The SMILES string of the molecule is CCC(CC)(CNS(=O)(=O)c1c(C)oc(C)c1CN)SC. The van der Waals surface area contributed by atoms with E-state index in [0.29, 0.717) is 23.6 Å². The van der Waals surface area contributed by atoms with E-state index in [1.54, 1.807) is 25.6 Å². The van der Waals surface area contributed by atoms with Crippen molar-refractivity contribution in [3.8, 4) is 0 Å². The molecule has 0 saturated heterocycles. The molecule has 1 rings (SSSR count). The quantitative estimate of drug-likeness (QED) is 0.763. The fraction of sp³-hybridized carbons (Fsp3) is 0.714. The van der Waals surface area contributed by atoms with Crippen LogP contribution in [0.5, 0.6) is 0 Å². The Morgan fingerprint density at radius 3 is 2.24 bits per heavy atom. The van der Waals surface area contributed by atoms with Gasteiger partial charge in [0, 0.05) is 23.4 Å². The maximum atomic E-state index is 12.6. The minimum absolute atomic E-state index is 0.0807. The molecule has 1 heterocycles. The van der Waals surface area contributed by atoms with E-state index in [-0.39, 0.29) is 16.2 Å². The lowest BCUT2D eigenvalue weighted by molar-refractivity contribution is 0.492. The zero-order valence-corrected chi connectivity index (χ0v) is 15.1. The predicted octanol–water partition coefficient (Wildman–Crippen LogP) is 2.56. The third-order valence-corrected chi connectivity index (χ3v) is 7.29. The van der Waals surface area contributed by atoms with Crippen molar-refractivity contribution in [3.63, 3.8) is 0 Å². The van der Waals surface area contributed by atoms with Crippen molar-refractivity contribution in [2.45, 2.75) is 56.7 Å². The zero-order chi connectivity index (χ0) is 16.3. The molecule has 7 heteroatoms. The third kappa shape index (κ3) is 3.83. The van der Waals surface area contributed by atoms with Crippen molar-refractivity contribution < 1.29 is 12.8 Å². The molecule has 0 fully saturated rings. The fourth-order valence-electron chi connectivity index (χ4n) is 2.46. The van der Waals surface area contributed by atoms with E-state index < -0.39 is 10.0 Å². The van der Waals surface area contributed by atoms with Crippen LogP contribution in [0.3, 0.4) is 0 Å². The van der Waals surface area contributed by atoms with Gasteiger partial charge >= 0.3 is 0 Å². The van der Waals surface area contributed by atoms with Gasteiger partial charge in [-0.2, -0.15) is 11.8 Å². The van der Waals surface area contributed by atoms with Crippen LogP contribution in [0.4, 0.5) is 0 Å². The molecule has 21 heavy (non-hydrogen) atoms. The van der Waals surface area contributed by atoms with Crippen molar-refractivity contribution in [2.24, 2.45) is 5.73 Å². The molecule has 0 atom stereocenters. The normalized spacial score (nSPS) is 12.9. The molecule has 5 nitrogen and oxygen atoms in total. The van der Waals surface area contributed by atoms with Gasteiger partial charge in [0.1, 0.15) is 16.4 Å². The largest absolute Gasteiger partial charge is 0.465 e. The number of nitrogens with two attached hydrogens (primary N) is 1. The predicted molar refractivity (Wildman–Crippen MR) is 88.1 cm³/mol. The van der Waals surface area contributed by atoms with E-state index in [1.165, 1.54) is 0 Å². The molecule has 3 N–H and O–H groups in total. The number of furan rings is 1. The van der Waals surface area contributed by atoms with Crippen LogP contribution in [-0.2, 0) is 16.6 Å². The Balaban J connectivity index is 3.08. The van der Waals surface area contributed by atoms with Crippen LogP contribution in [0.15, 0.2) is 9.31 Å². The topological polar surface area (TPSA) is 85.3 Å². The summed E-state index contributed by atoms with van der Waals surface area (Å²) in [7, 11) is -3.61. The molecule has 1 aromatic rings. The van der Waals surface area contributed by atoms with E-state index >= 15 is 0 Å². The number of thioether (sulfide) groups is 1. The summed E-state index contributed by atoms with van der Waals surface area (Å²) >= 11 is 1.70. The summed E-state index contributed by atoms with van der Waals surface area (Å²) in [6.45, 7) is 8.09. The zero-order valence-electron chi connectivity index (χ0n) is 13.4. The molecule has 0 aliphatic carbocycles. The summed E-state index contributed by atoms with van der Waals surface area (Å²) in [5.74, 6) is 0.959. The molecule has 0 bridgehead atoms. The van der Waals surface area contributed by atoms with Crippen LogP contribution in [0.2, 0.25) is 0 Å². The van der Waals surface area contributed by atoms with Gasteiger partial charge in [-0.3, -0.25) is 0 Å². The molecule has 1 aromatic heterocycles. The van der Waals surface area contributed by atoms with Crippen molar-refractivity contribution in [1.29, 1.82) is 0 Å². The minimum atomic E-state index is -3.61. The van der Waals surface area contributed by atoms with Gasteiger partial charge in [-0.15, -0.1) is 0 Å². The Bertz CT molecular complexity index is 567. The lowest BCUT2D eigenvalue weighted by atomic mass is 10.0. The molecule has 0 unspecified atom stereocenters. The van der Waals surface area contributed by atoms with E-state index in [9.17, 15) is 8.42 Å². The first-order valence-electron chi connectivity index (χ1n) is 7.10. The number of nitrogens with one attached hydrogen (secondary N) is 1. The van der Waals surface area contributed by atoms with Gasteiger partial charge in [0.25, 0.3) is 0 Å². The number of aryl methyl sites for hydroxylation is 2. The van der Waals surface area contributed by atoms with Crippen LogP contribution < -0.4 is 10.5 Å². The van der Waals surface area contributed by atoms with Gasteiger partial charge in [0.2, 0.25) is 10.0 Å². The van der Waals surface area contributed by atoms with E-state index in [0.717, 1.165) is 12.8 Å². The third-order valence-electron chi connectivity index (χ3n) is 4.10. The highest BCUT2D eigenvalue weighted by Gasteiger charge is 2.31. The average molecular weight is 335 g/mol. The second-order valence-electron chi connectivity index (χ2n) is 5.15. The summed E-state index contributed by atoms with van der Waals surface area (Å²) in [6.07, 6.45) is 3.82. The highest BCUT2D eigenvalue weighted by atomic mass is 32.2. The molecule has 0 aliphatic heterocycles. The lowest BCUT2D eigenvalue weighted by Gasteiger charge is -2.29. The smallest absolute Gasteiger partial charge is 0.244 e. The second-order valence-corrected chi connectivity index (χ2v) is 8.12. The first kappa shape index (κ1) is 18.5. The van der Waals surface area contributed by atoms with E-state index in [1.807, 2.05) is 6.26 Å². The number of sulfonamides is 1. The Kier molecular flexibility index (Phi) is 6.34. The summed E-state index contributed by atoms with van der Waals surface area (Å²) in [5, 5.41) is 0. The number of hydrogen-bond donors (Lipinski definition) is 2. The Labute approximate surface area is 132 Å². The molecular weight excluding hydrogens is 308 g/mol.